The fraction of sp³-hybridized carbons (Fsp3) is 0.362. The van der Waals surface area contributed by atoms with Crippen molar-refractivity contribution in [2.24, 2.45) is 5.92 Å². The molecule has 294 valence electrons. The van der Waals surface area contributed by atoms with Gasteiger partial charge in [-0.15, -0.1) is 0 Å². The van der Waals surface area contributed by atoms with Gasteiger partial charge in [-0.05, 0) is 52.3 Å². The molecule has 4 saturated heterocycles. The van der Waals surface area contributed by atoms with Gasteiger partial charge >= 0.3 is 6.03 Å². The summed E-state index contributed by atoms with van der Waals surface area (Å²) in [6.45, 7) is 6.64. The second-order valence-corrected chi connectivity index (χ2v) is 16.0. The first-order chi connectivity index (χ1) is 27.9. The van der Waals surface area contributed by atoms with Crippen LogP contribution in [0.4, 0.5) is 10.5 Å². The number of hydrogen-bond donors (Lipinski definition) is 0. The average Bonchev–Trinajstić information content (AvgIpc) is 3.82. The molecule has 3 amide bonds. The molecule has 10 nitrogen and oxygen atoms in total. The van der Waals surface area contributed by atoms with Gasteiger partial charge in [0.2, 0.25) is 0 Å². The first kappa shape index (κ1) is 37.2. The van der Waals surface area contributed by atoms with Gasteiger partial charge in [0.1, 0.15) is 18.8 Å². The lowest BCUT2D eigenvalue weighted by atomic mass is 9.87. The van der Waals surface area contributed by atoms with Crippen molar-refractivity contribution < 1.29 is 23.8 Å². The number of imide groups is 1. The Balaban J connectivity index is 1.00. The lowest BCUT2D eigenvalue weighted by Crippen LogP contribution is -2.51. The van der Waals surface area contributed by atoms with Crippen molar-refractivity contribution in [3.8, 4) is 11.5 Å². The lowest BCUT2D eigenvalue weighted by Gasteiger charge is -2.33. The summed E-state index contributed by atoms with van der Waals surface area (Å²) >= 11 is 0. The van der Waals surface area contributed by atoms with Crippen molar-refractivity contribution in [1.82, 2.24) is 19.6 Å². The molecule has 0 bridgehead atoms. The first-order valence-corrected chi connectivity index (χ1v) is 20.2. The molecule has 10 heteroatoms. The Morgan fingerprint density at radius 2 is 1.39 bits per heavy atom. The average molecular weight is 766 g/mol. The van der Waals surface area contributed by atoms with Crippen LogP contribution in [0.5, 0.6) is 11.5 Å². The number of nitrogens with zero attached hydrogens (tertiary/aromatic N) is 5. The summed E-state index contributed by atoms with van der Waals surface area (Å²) in [6.07, 6.45) is 0.730. The van der Waals surface area contributed by atoms with Crippen LogP contribution in [-0.4, -0.2) is 104 Å². The Morgan fingerprint density at radius 3 is 2.09 bits per heavy atom. The van der Waals surface area contributed by atoms with Gasteiger partial charge in [0.05, 0.1) is 19.3 Å². The van der Waals surface area contributed by atoms with E-state index in [1.807, 2.05) is 47.4 Å². The van der Waals surface area contributed by atoms with Crippen molar-refractivity contribution in [3.63, 3.8) is 0 Å². The Bertz CT molecular complexity index is 2230. The zero-order valence-electron chi connectivity index (χ0n) is 32.9. The highest BCUT2D eigenvalue weighted by atomic mass is 16.5. The quantitative estimate of drug-likeness (QED) is 0.119. The summed E-state index contributed by atoms with van der Waals surface area (Å²) in [6, 6.07) is 38.9. The van der Waals surface area contributed by atoms with E-state index in [4.69, 9.17) is 14.2 Å². The number of hydrogen-bond acceptors (Lipinski definition) is 8. The molecule has 4 aliphatic heterocycles. The van der Waals surface area contributed by atoms with Gasteiger partial charge in [-0.25, -0.2) is 4.79 Å². The molecule has 0 N–H and O–H groups in total. The van der Waals surface area contributed by atoms with Crippen LogP contribution in [0.1, 0.15) is 34.7 Å². The number of rotatable bonds is 13. The third-order valence-electron chi connectivity index (χ3n) is 12.3. The highest BCUT2D eigenvalue weighted by Crippen LogP contribution is 2.56. The van der Waals surface area contributed by atoms with Gasteiger partial charge in [-0.2, -0.15) is 0 Å². The molecular weight excluding hydrogens is 715 g/mol. The number of fused-ring (bicyclic) bond motifs is 1. The van der Waals surface area contributed by atoms with E-state index >= 15 is 0 Å². The van der Waals surface area contributed by atoms with Crippen LogP contribution in [0.25, 0.3) is 10.8 Å². The monoisotopic (exact) mass is 765 g/mol. The zero-order valence-corrected chi connectivity index (χ0v) is 32.9. The van der Waals surface area contributed by atoms with Gasteiger partial charge in [0.25, 0.3) is 5.91 Å². The number of benzene rings is 5. The van der Waals surface area contributed by atoms with E-state index in [0.717, 1.165) is 58.2 Å². The highest BCUT2D eigenvalue weighted by molar-refractivity contribution is 6.09. The normalized spacial score (nSPS) is 22.3. The molecule has 5 aromatic rings. The van der Waals surface area contributed by atoms with Crippen molar-refractivity contribution in [3.05, 3.63) is 138 Å². The number of ether oxygens (including phenoxy) is 3. The van der Waals surface area contributed by atoms with Crippen LogP contribution in [0.15, 0.2) is 115 Å². The Labute approximate surface area is 335 Å². The zero-order chi connectivity index (χ0) is 38.9. The SMILES string of the molecule is CN(C)c1ccc([C@H]2C[C@@H]3CN(Cc4ccc(OCc5ccccc5)c(OCc5ccccc5)c4)C[C@@]34C(=O)N(CCN3CCOCC3)C(=O)N24)c2ccccc12. The number of morpholine rings is 1. The van der Waals surface area contributed by atoms with Gasteiger partial charge in [0.15, 0.2) is 11.5 Å². The standard InChI is InChI=1S/C47H51N5O5/c1-48(2)41-19-18-40(38-15-9-10-16-39(38)41)42-28-37-30-50(33-47(37)45(53)51(46(54)52(42)47)22-21-49-23-25-55-26-24-49)29-36-17-20-43(56-31-34-11-5-3-6-12-34)44(27-36)57-32-35-13-7-4-8-14-35/h3-20,27,37,42H,21-26,28-33H2,1-2H3/t37-,42-,47+/m1/s1. The summed E-state index contributed by atoms with van der Waals surface area (Å²) < 4.78 is 18.3. The fourth-order valence-corrected chi connectivity index (χ4v) is 9.54. The second kappa shape index (κ2) is 15.8. The van der Waals surface area contributed by atoms with Crippen LogP contribution >= 0.6 is 0 Å². The molecule has 0 unspecified atom stereocenters. The second-order valence-electron chi connectivity index (χ2n) is 16.0. The Kier molecular flexibility index (Phi) is 10.3. The number of anilines is 1. The first-order valence-electron chi connectivity index (χ1n) is 20.2. The summed E-state index contributed by atoms with van der Waals surface area (Å²) in [4.78, 5) is 40.0. The molecule has 0 aromatic heterocycles. The molecular formula is C47H51N5O5. The molecule has 0 saturated carbocycles. The largest absolute Gasteiger partial charge is 0.485 e. The molecule has 1 spiro atoms. The Morgan fingerprint density at radius 1 is 0.719 bits per heavy atom. The molecule has 5 aromatic carbocycles. The summed E-state index contributed by atoms with van der Waals surface area (Å²) in [5.74, 6) is 1.30. The summed E-state index contributed by atoms with van der Waals surface area (Å²) in [5.41, 5.74) is 4.53. The number of likely N-dealkylation sites (tertiary alicyclic amines) is 1. The minimum absolute atomic E-state index is 0.0121. The van der Waals surface area contributed by atoms with Crippen molar-refractivity contribution in [1.29, 1.82) is 0 Å². The van der Waals surface area contributed by atoms with Gasteiger partial charge in [-0.3, -0.25) is 19.5 Å². The highest BCUT2D eigenvalue weighted by Gasteiger charge is 2.70. The molecule has 9 rings (SSSR count). The maximum atomic E-state index is 14.9. The van der Waals surface area contributed by atoms with Gasteiger partial charge in [-0.1, -0.05) is 97.1 Å². The molecule has 57 heavy (non-hydrogen) atoms. The van der Waals surface area contributed by atoms with Gasteiger partial charge in [0, 0.05) is 76.9 Å². The molecule has 3 atom stereocenters. The predicted molar refractivity (Wildman–Crippen MR) is 221 cm³/mol. The maximum absolute atomic E-state index is 14.9. The van der Waals surface area contributed by atoms with Gasteiger partial charge < -0.3 is 24.0 Å². The summed E-state index contributed by atoms with van der Waals surface area (Å²) in [5, 5.41) is 2.28. The predicted octanol–water partition coefficient (Wildman–Crippen LogP) is 6.98. The maximum Gasteiger partial charge on any atom is 0.328 e. The number of carbonyl (C=O) groups is 2. The Hall–Kier alpha value is -5.42. The third-order valence-corrected chi connectivity index (χ3v) is 12.3. The molecule has 4 aliphatic rings. The van der Waals surface area contributed by atoms with Crippen LogP contribution in [0, 0.1) is 5.92 Å². The number of amides is 3. The number of urea groups is 1. The summed E-state index contributed by atoms with van der Waals surface area (Å²) in [7, 11) is 4.12. The van der Waals surface area contributed by atoms with Crippen molar-refractivity contribution in [2.45, 2.75) is 37.8 Å². The van der Waals surface area contributed by atoms with Crippen molar-refractivity contribution >= 4 is 28.4 Å². The third kappa shape index (κ3) is 7.11. The topological polar surface area (TPSA) is 78.0 Å². The van der Waals surface area contributed by atoms with Crippen LogP contribution in [0.2, 0.25) is 0 Å². The van der Waals surface area contributed by atoms with Crippen LogP contribution < -0.4 is 14.4 Å². The van der Waals surface area contributed by atoms with E-state index in [9.17, 15) is 9.59 Å². The van der Waals surface area contributed by atoms with Crippen LogP contribution in [0.3, 0.4) is 0 Å². The number of carbonyl (C=O) groups excluding carboxylic acids is 2. The molecule has 4 heterocycles. The lowest BCUT2D eigenvalue weighted by molar-refractivity contribution is -0.133. The fourth-order valence-electron chi connectivity index (χ4n) is 9.54. The van der Waals surface area contributed by atoms with E-state index in [1.54, 1.807) is 4.90 Å². The van der Waals surface area contributed by atoms with Crippen LogP contribution in [-0.2, 0) is 29.3 Å². The van der Waals surface area contributed by atoms with E-state index < -0.39 is 5.54 Å². The van der Waals surface area contributed by atoms with E-state index in [2.05, 4.69) is 102 Å². The molecule has 4 fully saturated rings. The van der Waals surface area contributed by atoms with E-state index in [-0.39, 0.29) is 23.9 Å². The minimum atomic E-state index is -0.931. The van der Waals surface area contributed by atoms with E-state index in [1.165, 1.54) is 0 Å². The molecule has 0 aliphatic carbocycles. The van der Waals surface area contributed by atoms with E-state index in [0.29, 0.717) is 70.7 Å². The molecule has 0 radical (unpaired) electrons. The minimum Gasteiger partial charge on any atom is -0.485 e. The van der Waals surface area contributed by atoms with Crippen molar-refractivity contribution in [2.75, 3.05) is 71.5 Å². The smallest absolute Gasteiger partial charge is 0.328 e.